The average molecular weight is 200 g/mol. The number of pyridine rings is 1. The van der Waals surface area contributed by atoms with Gasteiger partial charge in [0.2, 0.25) is 0 Å². The van der Waals surface area contributed by atoms with Gasteiger partial charge in [0.15, 0.2) is 0 Å². The van der Waals surface area contributed by atoms with E-state index in [4.69, 9.17) is 0 Å². The Balaban J connectivity index is 2.08. The van der Waals surface area contributed by atoms with Crippen molar-refractivity contribution in [3.8, 4) is 0 Å². The summed E-state index contributed by atoms with van der Waals surface area (Å²) >= 11 is 0. The van der Waals surface area contributed by atoms with E-state index in [-0.39, 0.29) is 6.04 Å². The predicted molar refractivity (Wildman–Crippen MR) is 58.3 cm³/mol. The van der Waals surface area contributed by atoms with E-state index in [1.807, 2.05) is 30.5 Å². The summed E-state index contributed by atoms with van der Waals surface area (Å²) in [6, 6.07) is 7.87. The molecule has 2 rings (SSSR count). The van der Waals surface area contributed by atoms with E-state index in [9.17, 15) is 0 Å². The van der Waals surface area contributed by atoms with Crippen LogP contribution in [0.15, 0.2) is 42.9 Å². The van der Waals surface area contributed by atoms with Crippen LogP contribution in [-0.4, -0.2) is 15.2 Å². The van der Waals surface area contributed by atoms with Gasteiger partial charge in [0.25, 0.3) is 0 Å². The highest BCUT2D eigenvalue weighted by molar-refractivity contribution is 5.35. The van der Waals surface area contributed by atoms with Crippen molar-refractivity contribution >= 4 is 5.82 Å². The maximum atomic E-state index is 4.07. The van der Waals surface area contributed by atoms with Gasteiger partial charge in [-0.25, -0.2) is 0 Å². The number of anilines is 1. The molecule has 15 heavy (non-hydrogen) atoms. The van der Waals surface area contributed by atoms with Crippen LogP contribution in [0.3, 0.4) is 0 Å². The van der Waals surface area contributed by atoms with Crippen LogP contribution in [0.25, 0.3) is 0 Å². The fourth-order valence-corrected chi connectivity index (χ4v) is 1.32. The van der Waals surface area contributed by atoms with Gasteiger partial charge in [-0.15, -0.1) is 5.10 Å². The molecule has 0 radical (unpaired) electrons. The quantitative estimate of drug-likeness (QED) is 0.823. The zero-order valence-electron chi connectivity index (χ0n) is 8.46. The zero-order chi connectivity index (χ0) is 10.5. The molecule has 0 saturated heterocycles. The monoisotopic (exact) mass is 200 g/mol. The Morgan fingerprint density at radius 2 is 2.07 bits per heavy atom. The third-order valence-corrected chi connectivity index (χ3v) is 2.12. The lowest BCUT2D eigenvalue weighted by molar-refractivity contribution is 0.853. The molecule has 0 aliphatic heterocycles. The second-order valence-electron chi connectivity index (χ2n) is 3.26. The van der Waals surface area contributed by atoms with Crippen LogP contribution in [0.1, 0.15) is 18.5 Å². The molecule has 0 amide bonds. The number of hydrogen-bond donors (Lipinski definition) is 1. The first-order valence-corrected chi connectivity index (χ1v) is 4.80. The summed E-state index contributed by atoms with van der Waals surface area (Å²) < 4.78 is 0. The summed E-state index contributed by atoms with van der Waals surface area (Å²) in [6.07, 6.45) is 5.26. The van der Waals surface area contributed by atoms with Crippen LogP contribution >= 0.6 is 0 Å². The van der Waals surface area contributed by atoms with Crippen molar-refractivity contribution in [1.29, 1.82) is 0 Å². The van der Waals surface area contributed by atoms with Gasteiger partial charge < -0.3 is 5.32 Å². The Morgan fingerprint density at radius 3 is 2.73 bits per heavy atom. The first kappa shape index (κ1) is 9.58. The van der Waals surface area contributed by atoms with Crippen molar-refractivity contribution in [2.75, 3.05) is 5.32 Å². The minimum atomic E-state index is 0.176. The van der Waals surface area contributed by atoms with Crippen molar-refractivity contribution in [3.63, 3.8) is 0 Å². The Labute approximate surface area is 88.4 Å². The number of aromatic nitrogens is 3. The van der Waals surface area contributed by atoms with Crippen molar-refractivity contribution < 1.29 is 0 Å². The highest BCUT2D eigenvalue weighted by Crippen LogP contribution is 2.15. The van der Waals surface area contributed by atoms with E-state index in [0.29, 0.717) is 0 Å². The molecule has 1 N–H and O–H groups in total. The van der Waals surface area contributed by atoms with E-state index < -0.39 is 0 Å². The molecule has 0 aliphatic rings. The minimum absolute atomic E-state index is 0.176. The molecule has 0 saturated carbocycles. The van der Waals surface area contributed by atoms with E-state index in [1.54, 1.807) is 12.4 Å². The highest BCUT2D eigenvalue weighted by Gasteiger charge is 2.04. The molecular weight excluding hydrogens is 188 g/mol. The molecule has 2 heterocycles. The van der Waals surface area contributed by atoms with Crippen molar-refractivity contribution in [2.45, 2.75) is 13.0 Å². The third kappa shape index (κ3) is 2.49. The van der Waals surface area contributed by atoms with Crippen molar-refractivity contribution in [3.05, 3.63) is 48.4 Å². The Morgan fingerprint density at radius 1 is 1.20 bits per heavy atom. The van der Waals surface area contributed by atoms with Crippen molar-refractivity contribution in [2.24, 2.45) is 0 Å². The maximum Gasteiger partial charge on any atom is 0.149 e. The van der Waals surface area contributed by atoms with Gasteiger partial charge in [-0.1, -0.05) is 6.07 Å². The SMILES string of the molecule is CC(Nc1cccnn1)c1cccnc1. The second kappa shape index (κ2) is 4.50. The first-order chi connectivity index (χ1) is 7.36. The molecule has 4 heteroatoms. The van der Waals surface area contributed by atoms with Crippen LogP contribution in [0.4, 0.5) is 5.82 Å². The summed E-state index contributed by atoms with van der Waals surface area (Å²) in [4.78, 5) is 4.07. The molecule has 2 aromatic rings. The number of hydrogen-bond acceptors (Lipinski definition) is 4. The lowest BCUT2D eigenvalue weighted by Gasteiger charge is -2.13. The van der Waals surface area contributed by atoms with Gasteiger partial charge in [0, 0.05) is 18.6 Å². The molecule has 0 aromatic carbocycles. The van der Waals surface area contributed by atoms with Crippen LogP contribution in [0, 0.1) is 0 Å². The number of nitrogens with one attached hydrogen (secondary N) is 1. The molecule has 4 nitrogen and oxygen atoms in total. The van der Waals surface area contributed by atoms with Crippen molar-refractivity contribution in [1.82, 2.24) is 15.2 Å². The van der Waals surface area contributed by atoms with Gasteiger partial charge in [0.1, 0.15) is 5.82 Å². The molecule has 0 spiro atoms. The highest BCUT2D eigenvalue weighted by atomic mass is 15.2. The maximum absolute atomic E-state index is 4.07. The summed E-state index contributed by atoms with van der Waals surface area (Å²) in [6.45, 7) is 2.06. The normalized spacial score (nSPS) is 12.1. The standard InChI is InChI=1S/C11H12N4/c1-9(10-4-2-6-12-8-10)14-11-5-3-7-13-15-11/h2-9H,1H3,(H,14,15). The molecule has 2 aromatic heterocycles. The summed E-state index contributed by atoms with van der Waals surface area (Å²) in [5, 5.41) is 11.0. The fraction of sp³-hybridized carbons (Fsp3) is 0.182. The van der Waals surface area contributed by atoms with E-state index in [0.717, 1.165) is 11.4 Å². The van der Waals surface area contributed by atoms with E-state index in [1.165, 1.54) is 0 Å². The van der Waals surface area contributed by atoms with Gasteiger partial charge in [-0.3, -0.25) is 4.98 Å². The van der Waals surface area contributed by atoms with Crippen LogP contribution in [0.5, 0.6) is 0 Å². The zero-order valence-corrected chi connectivity index (χ0v) is 8.46. The summed E-state index contributed by atoms with van der Waals surface area (Å²) in [7, 11) is 0. The third-order valence-electron chi connectivity index (χ3n) is 2.12. The molecule has 1 unspecified atom stereocenters. The summed E-state index contributed by atoms with van der Waals surface area (Å²) in [5.74, 6) is 0.772. The van der Waals surface area contributed by atoms with Gasteiger partial charge >= 0.3 is 0 Å². The first-order valence-electron chi connectivity index (χ1n) is 4.80. The topological polar surface area (TPSA) is 50.7 Å². The number of nitrogens with zero attached hydrogens (tertiary/aromatic N) is 3. The minimum Gasteiger partial charge on any atom is -0.362 e. The lowest BCUT2D eigenvalue weighted by Crippen LogP contribution is -2.08. The fourth-order valence-electron chi connectivity index (χ4n) is 1.32. The Hall–Kier alpha value is -1.97. The molecule has 0 bridgehead atoms. The average Bonchev–Trinajstić information content (AvgIpc) is 2.31. The smallest absolute Gasteiger partial charge is 0.149 e. The molecular formula is C11H12N4. The van der Waals surface area contributed by atoms with E-state index in [2.05, 4.69) is 27.4 Å². The van der Waals surface area contributed by atoms with Gasteiger partial charge in [-0.2, -0.15) is 5.10 Å². The lowest BCUT2D eigenvalue weighted by atomic mass is 10.1. The Bertz CT molecular complexity index is 401. The largest absolute Gasteiger partial charge is 0.362 e. The van der Waals surface area contributed by atoms with E-state index >= 15 is 0 Å². The molecule has 0 fully saturated rings. The molecule has 76 valence electrons. The second-order valence-corrected chi connectivity index (χ2v) is 3.26. The molecule has 0 aliphatic carbocycles. The molecule has 1 atom stereocenters. The Kier molecular flexibility index (Phi) is 2.88. The van der Waals surface area contributed by atoms with Crippen LogP contribution < -0.4 is 5.32 Å². The number of rotatable bonds is 3. The predicted octanol–water partition coefficient (Wildman–Crippen LogP) is 2.04. The summed E-state index contributed by atoms with van der Waals surface area (Å²) in [5.41, 5.74) is 1.13. The van der Waals surface area contributed by atoms with Crippen LogP contribution in [0.2, 0.25) is 0 Å². The van der Waals surface area contributed by atoms with Crippen LogP contribution in [-0.2, 0) is 0 Å². The van der Waals surface area contributed by atoms with Gasteiger partial charge in [0.05, 0.1) is 6.04 Å². The van der Waals surface area contributed by atoms with Gasteiger partial charge in [-0.05, 0) is 30.7 Å².